The summed E-state index contributed by atoms with van der Waals surface area (Å²) in [5, 5.41) is 11.1. The van der Waals surface area contributed by atoms with Crippen molar-refractivity contribution in [3.8, 4) is 17.1 Å². The number of para-hydroxylation sites is 1. The van der Waals surface area contributed by atoms with Crippen LogP contribution in [-0.2, 0) is 13.0 Å². The molecule has 0 aliphatic carbocycles. The Morgan fingerprint density at radius 3 is 2.79 bits per heavy atom. The summed E-state index contributed by atoms with van der Waals surface area (Å²) in [6.45, 7) is 1.01. The van der Waals surface area contributed by atoms with Gasteiger partial charge in [0.1, 0.15) is 11.9 Å². The molecule has 1 unspecified atom stereocenters. The van der Waals surface area contributed by atoms with Gasteiger partial charge in [0.25, 0.3) is 0 Å². The SMILES string of the molecule is CN=C(NCc1nc(-c2ccc(Cl)cc2)no1)NCC1Cc2ccccc2O1. The summed E-state index contributed by atoms with van der Waals surface area (Å²) in [6, 6.07) is 15.4. The molecule has 7 nitrogen and oxygen atoms in total. The van der Waals surface area contributed by atoms with E-state index >= 15 is 0 Å². The van der Waals surface area contributed by atoms with Crippen molar-refractivity contribution in [1.29, 1.82) is 0 Å². The number of aliphatic imine (C=N–C) groups is 1. The third-order valence-corrected chi connectivity index (χ3v) is 4.66. The number of rotatable bonds is 5. The monoisotopic (exact) mass is 397 g/mol. The van der Waals surface area contributed by atoms with Crippen molar-refractivity contribution >= 4 is 17.6 Å². The minimum atomic E-state index is 0.0795. The molecule has 0 amide bonds. The van der Waals surface area contributed by atoms with E-state index in [1.165, 1.54) is 5.56 Å². The lowest BCUT2D eigenvalue weighted by Gasteiger charge is -2.14. The highest BCUT2D eigenvalue weighted by Crippen LogP contribution is 2.27. The molecule has 0 saturated carbocycles. The van der Waals surface area contributed by atoms with E-state index in [2.05, 4.69) is 31.8 Å². The molecule has 1 aliphatic heterocycles. The van der Waals surface area contributed by atoms with E-state index in [4.69, 9.17) is 20.9 Å². The molecule has 0 saturated heterocycles. The Labute approximate surface area is 167 Å². The Morgan fingerprint density at radius 2 is 2.00 bits per heavy atom. The number of nitrogens with zero attached hydrogens (tertiary/aromatic N) is 3. The Balaban J connectivity index is 1.28. The van der Waals surface area contributed by atoms with E-state index in [0.717, 1.165) is 17.7 Å². The molecule has 3 aromatic rings. The van der Waals surface area contributed by atoms with Crippen LogP contribution in [0.25, 0.3) is 11.4 Å². The average molecular weight is 398 g/mol. The maximum Gasteiger partial charge on any atom is 0.246 e. The fourth-order valence-corrected chi connectivity index (χ4v) is 3.13. The van der Waals surface area contributed by atoms with E-state index in [0.29, 0.717) is 35.8 Å². The Morgan fingerprint density at radius 1 is 1.18 bits per heavy atom. The number of hydrogen-bond acceptors (Lipinski definition) is 5. The number of aromatic nitrogens is 2. The van der Waals surface area contributed by atoms with Gasteiger partial charge in [0, 0.05) is 24.1 Å². The molecular formula is C20H20ClN5O2. The molecule has 0 bridgehead atoms. The lowest BCUT2D eigenvalue weighted by molar-refractivity contribution is 0.235. The van der Waals surface area contributed by atoms with E-state index in [1.807, 2.05) is 30.3 Å². The van der Waals surface area contributed by atoms with Gasteiger partial charge in [0.15, 0.2) is 5.96 Å². The zero-order valence-electron chi connectivity index (χ0n) is 15.4. The topological polar surface area (TPSA) is 84.6 Å². The van der Waals surface area contributed by atoms with Gasteiger partial charge in [-0.25, -0.2) is 0 Å². The van der Waals surface area contributed by atoms with E-state index in [9.17, 15) is 0 Å². The van der Waals surface area contributed by atoms with Gasteiger partial charge in [-0.2, -0.15) is 4.98 Å². The van der Waals surface area contributed by atoms with Gasteiger partial charge in [-0.15, -0.1) is 0 Å². The molecule has 0 radical (unpaired) electrons. The summed E-state index contributed by atoms with van der Waals surface area (Å²) in [5.74, 6) is 2.59. The first-order chi connectivity index (χ1) is 13.7. The molecule has 1 atom stereocenters. The molecule has 2 aromatic carbocycles. The first-order valence-corrected chi connectivity index (χ1v) is 9.36. The van der Waals surface area contributed by atoms with Crippen molar-refractivity contribution in [2.45, 2.75) is 19.1 Å². The van der Waals surface area contributed by atoms with Crippen LogP contribution in [0.4, 0.5) is 0 Å². The van der Waals surface area contributed by atoms with Gasteiger partial charge in [-0.1, -0.05) is 35.0 Å². The first kappa shape index (κ1) is 18.3. The van der Waals surface area contributed by atoms with Crippen molar-refractivity contribution < 1.29 is 9.26 Å². The highest BCUT2D eigenvalue weighted by molar-refractivity contribution is 6.30. The number of halogens is 1. The summed E-state index contributed by atoms with van der Waals surface area (Å²) in [5.41, 5.74) is 2.08. The van der Waals surface area contributed by atoms with E-state index in [1.54, 1.807) is 19.2 Å². The molecule has 2 heterocycles. The van der Waals surface area contributed by atoms with Gasteiger partial charge in [0.2, 0.25) is 11.7 Å². The Kier molecular flexibility index (Phi) is 5.43. The number of guanidine groups is 1. The molecule has 1 aliphatic rings. The maximum atomic E-state index is 5.93. The minimum absolute atomic E-state index is 0.0795. The van der Waals surface area contributed by atoms with Crippen LogP contribution in [0.1, 0.15) is 11.5 Å². The summed E-state index contributed by atoms with van der Waals surface area (Å²) < 4.78 is 11.2. The fraction of sp³-hybridized carbons (Fsp3) is 0.250. The van der Waals surface area contributed by atoms with E-state index < -0.39 is 0 Å². The standard InChI is InChI=1S/C20H20ClN5O2/c1-22-20(23-11-16-10-14-4-2-3-5-17(14)27-16)24-12-18-25-19(26-28-18)13-6-8-15(21)9-7-13/h2-9,16H,10-12H2,1H3,(H2,22,23,24). The van der Waals surface area contributed by atoms with Gasteiger partial charge in [-0.3, -0.25) is 4.99 Å². The number of benzene rings is 2. The minimum Gasteiger partial charge on any atom is -0.488 e. The normalized spacial score (nSPS) is 15.8. The molecular weight excluding hydrogens is 378 g/mol. The van der Waals surface area contributed by atoms with Crippen LogP contribution < -0.4 is 15.4 Å². The Bertz CT molecular complexity index is 946. The van der Waals surface area contributed by atoms with Gasteiger partial charge < -0.3 is 19.9 Å². The zero-order chi connectivity index (χ0) is 19.3. The van der Waals surface area contributed by atoms with Gasteiger partial charge in [0.05, 0.1) is 13.1 Å². The number of hydrogen-bond donors (Lipinski definition) is 2. The summed E-state index contributed by atoms with van der Waals surface area (Å²) in [6.07, 6.45) is 0.963. The molecule has 1 aromatic heterocycles. The second-order valence-corrected chi connectivity index (χ2v) is 6.81. The third kappa shape index (κ3) is 4.26. The van der Waals surface area contributed by atoms with Crippen LogP contribution in [0.5, 0.6) is 5.75 Å². The van der Waals surface area contributed by atoms with Gasteiger partial charge >= 0.3 is 0 Å². The second-order valence-electron chi connectivity index (χ2n) is 6.38. The van der Waals surface area contributed by atoms with E-state index in [-0.39, 0.29) is 6.10 Å². The third-order valence-electron chi connectivity index (χ3n) is 4.41. The number of fused-ring (bicyclic) bond motifs is 1. The predicted molar refractivity (Wildman–Crippen MR) is 108 cm³/mol. The molecule has 0 fully saturated rings. The summed E-state index contributed by atoms with van der Waals surface area (Å²) in [4.78, 5) is 8.61. The zero-order valence-corrected chi connectivity index (χ0v) is 16.1. The summed E-state index contributed by atoms with van der Waals surface area (Å²) >= 11 is 5.90. The number of ether oxygens (including phenoxy) is 1. The predicted octanol–water partition coefficient (Wildman–Crippen LogP) is 3.06. The Hall–Kier alpha value is -3.06. The second kappa shape index (κ2) is 8.31. The summed E-state index contributed by atoms with van der Waals surface area (Å²) in [7, 11) is 1.71. The van der Waals surface area contributed by atoms with Crippen molar-refractivity contribution in [2.24, 2.45) is 4.99 Å². The van der Waals surface area contributed by atoms with Gasteiger partial charge in [-0.05, 0) is 35.9 Å². The van der Waals surface area contributed by atoms with Crippen molar-refractivity contribution in [3.63, 3.8) is 0 Å². The molecule has 144 valence electrons. The highest BCUT2D eigenvalue weighted by Gasteiger charge is 2.22. The lowest BCUT2D eigenvalue weighted by Crippen LogP contribution is -2.42. The van der Waals surface area contributed by atoms with Crippen LogP contribution >= 0.6 is 11.6 Å². The van der Waals surface area contributed by atoms with Crippen molar-refractivity contribution in [2.75, 3.05) is 13.6 Å². The molecule has 8 heteroatoms. The average Bonchev–Trinajstić information content (AvgIpc) is 3.35. The van der Waals surface area contributed by atoms with Crippen LogP contribution in [-0.4, -0.2) is 35.8 Å². The molecule has 28 heavy (non-hydrogen) atoms. The molecule has 0 spiro atoms. The van der Waals surface area contributed by atoms with Crippen LogP contribution in [0, 0.1) is 0 Å². The van der Waals surface area contributed by atoms with Crippen LogP contribution in [0.3, 0.4) is 0 Å². The fourth-order valence-electron chi connectivity index (χ4n) is 3.00. The smallest absolute Gasteiger partial charge is 0.246 e. The molecule has 2 N–H and O–H groups in total. The highest BCUT2D eigenvalue weighted by atomic mass is 35.5. The van der Waals surface area contributed by atoms with Crippen LogP contribution in [0.2, 0.25) is 5.02 Å². The quantitative estimate of drug-likeness (QED) is 0.508. The first-order valence-electron chi connectivity index (χ1n) is 8.99. The number of nitrogens with one attached hydrogen (secondary N) is 2. The van der Waals surface area contributed by atoms with Crippen LogP contribution in [0.15, 0.2) is 58.0 Å². The maximum absolute atomic E-state index is 5.93. The lowest BCUT2D eigenvalue weighted by atomic mass is 10.1. The molecule has 4 rings (SSSR count). The van der Waals surface area contributed by atoms with Crippen molar-refractivity contribution in [3.05, 3.63) is 65.0 Å². The van der Waals surface area contributed by atoms with Crippen molar-refractivity contribution in [1.82, 2.24) is 20.8 Å². The largest absolute Gasteiger partial charge is 0.488 e.